The Morgan fingerprint density at radius 1 is 1.15 bits per heavy atom. The highest BCUT2D eigenvalue weighted by Crippen LogP contribution is 2.20. The van der Waals surface area contributed by atoms with Gasteiger partial charge in [-0.2, -0.15) is 4.31 Å². The zero-order valence-electron chi connectivity index (χ0n) is 19.6. The lowest BCUT2D eigenvalue weighted by atomic mass is 9.96. The first-order chi connectivity index (χ1) is 15.8. The third-order valence-electron chi connectivity index (χ3n) is 6.10. The van der Waals surface area contributed by atoms with Crippen LogP contribution in [0.25, 0.3) is 0 Å². The van der Waals surface area contributed by atoms with Crippen molar-refractivity contribution in [2.45, 2.75) is 50.5 Å². The molecule has 33 heavy (non-hydrogen) atoms. The predicted molar refractivity (Wildman–Crippen MR) is 126 cm³/mol. The number of amides is 2. The van der Waals surface area contributed by atoms with E-state index in [2.05, 4.69) is 17.6 Å². The van der Waals surface area contributed by atoms with E-state index < -0.39 is 10.0 Å². The molecule has 1 aromatic rings. The Bertz CT molecular complexity index is 900. The van der Waals surface area contributed by atoms with Crippen molar-refractivity contribution >= 4 is 27.5 Å². The van der Waals surface area contributed by atoms with Crippen molar-refractivity contribution in [1.29, 1.82) is 0 Å². The minimum absolute atomic E-state index is 0.0677. The number of hydrogen-bond donors (Lipinski definition) is 2. The molecule has 9 nitrogen and oxygen atoms in total. The smallest absolute Gasteiger partial charge is 0.243 e. The summed E-state index contributed by atoms with van der Waals surface area (Å²) in [5.41, 5.74) is 0.542. The Morgan fingerprint density at radius 2 is 1.85 bits per heavy atom. The molecule has 0 radical (unpaired) electrons. The van der Waals surface area contributed by atoms with Crippen molar-refractivity contribution in [2.75, 3.05) is 51.3 Å². The quantitative estimate of drug-likeness (QED) is 0.557. The van der Waals surface area contributed by atoms with Crippen LogP contribution in [0.1, 0.15) is 39.5 Å². The number of benzene rings is 1. The van der Waals surface area contributed by atoms with Crippen LogP contribution >= 0.6 is 0 Å². The highest BCUT2D eigenvalue weighted by atomic mass is 32.2. The Balaban J connectivity index is 1.50. The van der Waals surface area contributed by atoms with Crippen LogP contribution in [0, 0.1) is 5.92 Å². The van der Waals surface area contributed by atoms with Gasteiger partial charge >= 0.3 is 0 Å². The third-order valence-corrected chi connectivity index (χ3v) is 8.01. The van der Waals surface area contributed by atoms with E-state index in [-0.39, 0.29) is 35.2 Å². The molecular formula is C23H36N4O5S. The molecule has 2 saturated heterocycles. The molecule has 0 spiro atoms. The number of hydrogen-bond acceptors (Lipinski definition) is 6. The number of sulfonamides is 1. The second-order valence-electron chi connectivity index (χ2n) is 8.86. The van der Waals surface area contributed by atoms with Crippen molar-refractivity contribution in [3.63, 3.8) is 0 Å². The van der Waals surface area contributed by atoms with Crippen molar-refractivity contribution in [3.05, 3.63) is 24.3 Å². The summed E-state index contributed by atoms with van der Waals surface area (Å²) in [6.45, 7) is 7.12. The molecule has 0 saturated carbocycles. The third kappa shape index (κ3) is 7.23. The van der Waals surface area contributed by atoms with Gasteiger partial charge in [-0.05, 0) is 57.0 Å². The minimum atomic E-state index is -3.56. The number of anilines is 1. The maximum atomic E-state index is 12.7. The maximum Gasteiger partial charge on any atom is 0.243 e. The van der Waals surface area contributed by atoms with Gasteiger partial charge in [0.1, 0.15) is 0 Å². The Hall–Kier alpha value is -2.01. The van der Waals surface area contributed by atoms with Gasteiger partial charge in [0.15, 0.2) is 0 Å². The number of ether oxygens (including phenoxy) is 1. The normalized spacial score (nSPS) is 21.3. The molecule has 184 valence electrons. The zero-order valence-corrected chi connectivity index (χ0v) is 20.4. The minimum Gasteiger partial charge on any atom is -0.379 e. The topological polar surface area (TPSA) is 108 Å². The van der Waals surface area contributed by atoms with Gasteiger partial charge < -0.3 is 15.4 Å². The van der Waals surface area contributed by atoms with E-state index in [1.54, 1.807) is 12.1 Å². The Kier molecular flexibility index (Phi) is 9.25. The van der Waals surface area contributed by atoms with Crippen LogP contribution in [-0.2, 0) is 24.3 Å². The molecule has 2 heterocycles. The Morgan fingerprint density at radius 3 is 2.52 bits per heavy atom. The largest absolute Gasteiger partial charge is 0.379 e. The van der Waals surface area contributed by atoms with E-state index >= 15 is 0 Å². The van der Waals surface area contributed by atoms with E-state index in [0.717, 1.165) is 32.2 Å². The molecule has 2 aliphatic rings. The van der Waals surface area contributed by atoms with Gasteiger partial charge in [0.25, 0.3) is 0 Å². The first-order valence-corrected chi connectivity index (χ1v) is 13.2. The van der Waals surface area contributed by atoms with E-state index in [0.29, 0.717) is 38.5 Å². The molecule has 0 aromatic heterocycles. The van der Waals surface area contributed by atoms with Crippen LogP contribution in [0.4, 0.5) is 5.69 Å². The highest BCUT2D eigenvalue weighted by Gasteiger charge is 2.28. The predicted octanol–water partition coefficient (Wildman–Crippen LogP) is 1.66. The molecule has 2 aliphatic heterocycles. The summed E-state index contributed by atoms with van der Waals surface area (Å²) >= 11 is 0. The van der Waals surface area contributed by atoms with E-state index in [1.807, 2.05) is 11.8 Å². The van der Waals surface area contributed by atoms with Crippen LogP contribution < -0.4 is 10.6 Å². The average molecular weight is 481 g/mol. The lowest BCUT2D eigenvalue weighted by Gasteiger charge is -2.32. The number of nitrogens with one attached hydrogen (secondary N) is 2. The summed E-state index contributed by atoms with van der Waals surface area (Å²) in [5.74, 6) is -0.215. The lowest BCUT2D eigenvalue weighted by molar-refractivity contribution is -0.128. The molecule has 10 heteroatoms. The van der Waals surface area contributed by atoms with E-state index in [9.17, 15) is 18.0 Å². The van der Waals surface area contributed by atoms with E-state index in [1.165, 1.54) is 16.4 Å². The maximum absolute atomic E-state index is 12.7. The van der Waals surface area contributed by atoms with Crippen molar-refractivity contribution in [1.82, 2.24) is 14.5 Å². The fourth-order valence-corrected chi connectivity index (χ4v) is 5.74. The number of likely N-dealkylation sites (tertiary alicyclic amines) is 1. The van der Waals surface area contributed by atoms with Gasteiger partial charge in [-0.15, -0.1) is 0 Å². The molecule has 2 amide bonds. The summed E-state index contributed by atoms with van der Waals surface area (Å²) in [7, 11) is -3.56. The molecular weight excluding hydrogens is 444 g/mol. The summed E-state index contributed by atoms with van der Waals surface area (Å²) in [6, 6.07) is 6.40. The fourth-order valence-electron chi connectivity index (χ4n) is 4.33. The molecule has 2 atom stereocenters. The first kappa shape index (κ1) is 25.6. The second-order valence-corrected chi connectivity index (χ2v) is 10.8. The summed E-state index contributed by atoms with van der Waals surface area (Å²) in [5, 5.41) is 5.91. The van der Waals surface area contributed by atoms with Crippen molar-refractivity contribution in [3.8, 4) is 0 Å². The van der Waals surface area contributed by atoms with Gasteiger partial charge in [-0.1, -0.05) is 13.3 Å². The molecule has 3 rings (SSSR count). The van der Waals surface area contributed by atoms with Crippen LogP contribution in [0.3, 0.4) is 0 Å². The number of carbonyl (C=O) groups excluding carboxylic acids is 2. The lowest BCUT2D eigenvalue weighted by Crippen LogP contribution is -2.47. The molecule has 2 unspecified atom stereocenters. The molecule has 2 N–H and O–H groups in total. The number of rotatable bonds is 9. The summed E-state index contributed by atoms with van der Waals surface area (Å²) in [4.78, 5) is 27.3. The van der Waals surface area contributed by atoms with Crippen molar-refractivity contribution in [2.24, 2.45) is 5.92 Å². The highest BCUT2D eigenvalue weighted by molar-refractivity contribution is 7.89. The van der Waals surface area contributed by atoms with Crippen LogP contribution in [0.5, 0.6) is 0 Å². The average Bonchev–Trinajstić information content (AvgIpc) is 2.80. The van der Waals surface area contributed by atoms with Crippen LogP contribution in [0.15, 0.2) is 29.2 Å². The molecule has 2 fully saturated rings. The SMILES string of the molecule is CCCC(C)NC(=O)C1CCCN(CC(=O)Nc2ccc(S(=O)(=O)N3CCOCC3)cc2)C1. The van der Waals surface area contributed by atoms with Gasteiger partial charge in [0.2, 0.25) is 21.8 Å². The first-order valence-electron chi connectivity index (χ1n) is 11.8. The van der Waals surface area contributed by atoms with Gasteiger partial charge in [-0.3, -0.25) is 14.5 Å². The Labute approximate surface area is 196 Å². The van der Waals surface area contributed by atoms with Crippen LogP contribution in [-0.4, -0.2) is 81.4 Å². The zero-order chi connectivity index (χ0) is 23.8. The van der Waals surface area contributed by atoms with Gasteiger partial charge in [-0.25, -0.2) is 8.42 Å². The number of piperidine rings is 1. The number of nitrogens with zero attached hydrogens (tertiary/aromatic N) is 2. The second kappa shape index (κ2) is 11.9. The van der Waals surface area contributed by atoms with Crippen LogP contribution in [0.2, 0.25) is 0 Å². The number of morpholine rings is 1. The fraction of sp³-hybridized carbons (Fsp3) is 0.652. The molecule has 0 bridgehead atoms. The standard InChI is InChI=1S/C23H36N4O5S/c1-3-5-18(2)24-23(29)19-6-4-11-26(16-19)17-22(28)25-20-7-9-21(10-8-20)33(30,31)27-12-14-32-15-13-27/h7-10,18-19H,3-6,11-17H2,1-2H3,(H,24,29)(H,25,28). The summed E-state index contributed by atoms with van der Waals surface area (Å²) < 4.78 is 32.1. The van der Waals surface area contributed by atoms with E-state index in [4.69, 9.17) is 4.74 Å². The van der Waals surface area contributed by atoms with Gasteiger partial charge in [0, 0.05) is 31.4 Å². The van der Waals surface area contributed by atoms with Gasteiger partial charge in [0.05, 0.1) is 30.6 Å². The summed E-state index contributed by atoms with van der Waals surface area (Å²) in [6.07, 6.45) is 3.69. The van der Waals surface area contributed by atoms with Crippen molar-refractivity contribution < 1.29 is 22.7 Å². The number of carbonyl (C=O) groups is 2. The molecule has 0 aliphatic carbocycles. The molecule has 1 aromatic carbocycles. The monoisotopic (exact) mass is 480 g/mol.